The van der Waals surface area contributed by atoms with Crippen LogP contribution in [0.4, 0.5) is 0 Å². The fourth-order valence-corrected chi connectivity index (χ4v) is 3.01. The highest BCUT2D eigenvalue weighted by Gasteiger charge is 2.16. The highest BCUT2D eigenvalue weighted by molar-refractivity contribution is 7.99. The number of thioether (sulfide) groups is 1. The quantitative estimate of drug-likeness (QED) is 0.490. The maximum absolute atomic E-state index is 7.65. The topological polar surface area (TPSA) is 62.8 Å². The Morgan fingerprint density at radius 1 is 1.47 bits per heavy atom. The summed E-state index contributed by atoms with van der Waals surface area (Å²) < 4.78 is 0. The van der Waals surface area contributed by atoms with Crippen LogP contribution in [0.15, 0.2) is 11.1 Å². The fourth-order valence-electron chi connectivity index (χ4n) is 2.12. The van der Waals surface area contributed by atoms with Crippen LogP contribution in [0, 0.1) is 5.41 Å². The molecule has 4 heteroatoms. The molecule has 1 heterocycles. The van der Waals surface area contributed by atoms with Gasteiger partial charge < -0.3 is 5.73 Å². The highest BCUT2D eigenvalue weighted by atomic mass is 32.2. The molecule has 17 heavy (non-hydrogen) atoms. The molecule has 0 aromatic carbocycles. The third-order valence-corrected chi connectivity index (χ3v) is 4.20. The number of hydrogen-bond donors (Lipinski definition) is 2. The first-order chi connectivity index (χ1) is 8.22. The average Bonchev–Trinajstić information content (AvgIpc) is 2.35. The second kappa shape index (κ2) is 5.54. The fraction of sp³-hybridized carbons (Fsp3) is 0.538. The van der Waals surface area contributed by atoms with E-state index in [4.69, 9.17) is 16.1 Å². The third kappa shape index (κ3) is 2.80. The van der Waals surface area contributed by atoms with Crippen molar-refractivity contribution in [2.45, 2.75) is 44.1 Å². The Balaban J connectivity index is 2.37. The predicted molar refractivity (Wildman–Crippen MR) is 72.9 cm³/mol. The largest absolute Gasteiger partial charge is 0.384 e. The summed E-state index contributed by atoms with van der Waals surface area (Å²) in [4.78, 5) is 4.71. The monoisotopic (exact) mass is 249 g/mol. The molecular formula is C13H19N3S. The molecule has 1 aliphatic carbocycles. The molecule has 0 amide bonds. The second-order valence-corrected chi connectivity index (χ2v) is 5.50. The van der Waals surface area contributed by atoms with Crippen LogP contribution in [0.3, 0.4) is 0 Å². The van der Waals surface area contributed by atoms with E-state index < -0.39 is 0 Å². The number of hydrogen-bond acceptors (Lipinski definition) is 3. The number of aryl methyl sites for hydroxylation is 2. The molecule has 0 spiro atoms. The van der Waals surface area contributed by atoms with E-state index in [2.05, 4.69) is 13.0 Å². The predicted octanol–water partition coefficient (Wildman–Crippen LogP) is 2.75. The molecule has 0 aliphatic heterocycles. The van der Waals surface area contributed by atoms with E-state index in [0.717, 1.165) is 35.6 Å². The number of pyridine rings is 1. The number of fused-ring (bicyclic) bond motifs is 1. The summed E-state index contributed by atoms with van der Waals surface area (Å²) in [5.41, 5.74) is 8.99. The molecule has 1 aliphatic rings. The van der Waals surface area contributed by atoms with E-state index in [1.165, 1.54) is 24.1 Å². The Kier molecular flexibility index (Phi) is 4.05. The summed E-state index contributed by atoms with van der Waals surface area (Å²) in [6, 6.07) is 2.09. The van der Waals surface area contributed by atoms with Gasteiger partial charge in [-0.25, -0.2) is 4.98 Å². The van der Waals surface area contributed by atoms with Crippen LogP contribution >= 0.6 is 11.8 Å². The number of nitrogens with zero attached hydrogens (tertiary/aromatic N) is 1. The summed E-state index contributed by atoms with van der Waals surface area (Å²) in [5.74, 6) is 1.18. The summed E-state index contributed by atoms with van der Waals surface area (Å²) in [7, 11) is 0. The van der Waals surface area contributed by atoms with Gasteiger partial charge in [-0.1, -0.05) is 6.92 Å². The smallest absolute Gasteiger partial charge is 0.125 e. The van der Waals surface area contributed by atoms with E-state index in [9.17, 15) is 0 Å². The van der Waals surface area contributed by atoms with Crippen LogP contribution in [-0.4, -0.2) is 16.6 Å². The van der Waals surface area contributed by atoms with Gasteiger partial charge >= 0.3 is 0 Å². The van der Waals surface area contributed by atoms with Crippen molar-refractivity contribution in [3.8, 4) is 0 Å². The lowest BCUT2D eigenvalue weighted by molar-refractivity contribution is 0.660. The van der Waals surface area contributed by atoms with E-state index in [1.54, 1.807) is 11.8 Å². The number of nitrogens with one attached hydrogen (secondary N) is 1. The van der Waals surface area contributed by atoms with Gasteiger partial charge in [0.1, 0.15) is 10.9 Å². The molecular weight excluding hydrogens is 230 g/mol. The molecule has 0 atom stereocenters. The van der Waals surface area contributed by atoms with Gasteiger partial charge in [-0.3, -0.25) is 5.41 Å². The van der Waals surface area contributed by atoms with Crippen molar-refractivity contribution < 1.29 is 0 Å². The van der Waals surface area contributed by atoms with E-state index >= 15 is 0 Å². The minimum Gasteiger partial charge on any atom is -0.384 e. The van der Waals surface area contributed by atoms with Gasteiger partial charge in [0.05, 0.1) is 0 Å². The van der Waals surface area contributed by atoms with E-state index in [-0.39, 0.29) is 5.84 Å². The number of rotatable bonds is 4. The van der Waals surface area contributed by atoms with Crippen LogP contribution in [0.5, 0.6) is 0 Å². The van der Waals surface area contributed by atoms with Crippen molar-refractivity contribution in [2.75, 3.05) is 5.75 Å². The molecule has 0 bridgehead atoms. The van der Waals surface area contributed by atoms with Gasteiger partial charge in [-0.2, -0.15) is 0 Å². The standard InChI is InChI=1S/C13H19N3S/c1-2-7-17-13-10(12(14)15)8-9-5-3-4-6-11(9)16-13/h8H,2-7H2,1H3,(H3,14,15). The zero-order valence-corrected chi connectivity index (χ0v) is 11.1. The van der Waals surface area contributed by atoms with Gasteiger partial charge in [-0.15, -0.1) is 11.8 Å². The Labute approximate surface area is 107 Å². The minimum atomic E-state index is 0.143. The SMILES string of the molecule is CCCSc1nc2c(cc1C(=N)N)CCCC2. The van der Waals surface area contributed by atoms with Gasteiger partial charge in [-0.05, 0) is 49.5 Å². The van der Waals surface area contributed by atoms with E-state index in [1.807, 2.05) is 0 Å². The van der Waals surface area contributed by atoms with Gasteiger partial charge in [0.25, 0.3) is 0 Å². The highest BCUT2D eigenvalue weighted by Crippen LogP contribution is 2.27. The van der Waals surface area contributed by atoms with Gasteiger partial charge in [0, 0.05) is 11.3 Å². The Morgan fingerprint density at radius 2 is 2.24 bits per heavy atom. The summed E-state index contributed by atoms with van der Waals surface area (Å²) in [6.07, 6.45) is 5.74. The van der Waals surface area contributed by atoms with Crippen molar-refractivity contribution in [3.63, 3.8) is 0 Å². The van der Waals surface area contributed by atoms with Crippen LogP contribution in [0.1, 0.15) is 43.0 Å². The number of amidine groups is 1. The van der Waals surface area contributed by atoms with Crippen LogP contribution in [0.25, 0.3) is 0 Å². The molecule has 1 aromatic heterocycles. The van der Waals surface area contributed by atoms with E-state index in [0.29, 0.717) is 0 Å². The van der Waals surface area contributed by atoms with Crippen LogP contribution < -0.4 is 5.73 Å². The molecule has 0 radical (unpaired) electrons. The molecule has 1 aromatic rings. The molecule has 2 rings (SSSR count). The zero-order chi connectivity index (χ0) is 12.3. The zero-order valence-electron chi connectivity index (χ0n) is 10.3. The lowest BCUT2D eigenvalue weighted by Crippen LogP contribution is -2.16. The Morgan fingerprint density at radius 3 is 2.94 bits per heavy atom. The van der Waals surface area contributed by atoms with Crippen LogP contribution in [0.2, 0.25) is 0 Å². The van der Waals surface area contributed by atoms with Crippen molar-refractivity contribution in [2.24, 2.45) is 5.73 Å². The molecule has 0 unspecified atom stereocenters. The lowest BCUT2D eigenvalue weighted by atomic mass is 9.95. The summed E-state index contributed by atoms with van der Waals surface area (Å²) in [5, 5.41) is 8.60. The first kappa shape index (κ1) is 12.4. The first-order valence-electron chi connectivity index (χ1n) is 6.22. The number of nitrogen functional groups attached to an aromatic ring is 1. The van der Waals surface area contributed by atoms with Crippen molar-refractivity contribution >= 4 is 17.6 Å². The lowest BCUT2D eigenvalue weighted by Gasteiger charge is -2.18. The Hall–Kier alpha value is -1.03. The molecule has 3 nitrogen and oxygen atoms in total. The van der Waals surface area contributed by atoms with Gasteiger partial charge in [0.15, 0.2) is 0 Å². The molecule has 0 saturated carbocycles. The summed E-state index contributed by atoms with van der Waals surface area (Å²) in [6.45, 7) is 2.15. The first-order valence-corrected chi connectivity index (χ1v) is 7.21. The van der Waals surface area contributed by atoms with Crippen molar-refractivity contribution in [3.05, 3.63) is 22.9 Å². The van der Waals surface area contributed by atoms with Gasteiger partial charge in [0.2, 0.25) is 0 Å². The van der Waals surface area contributed by atoms with Crippen LogP contribution in [-0.2, 0) is 12.8 Å². The second-order valence-electron chi connectivity index (χ2n) is 4.42. The average molecular weight is 249 g/mol. The maximum atomic E-state index is 7.65. The van der Waals surface area contributed by atoms with Crippen molar-refractivity contribution in [1.29, 1.82) is 5.41 Å². The minimum absolute atomic E-state index is 0.143. The number of nitrogens with two attached hydrogens (primary N) is 1. The molecule has 3 N–H and O–H groups in total. The molecule has 92 valence electrons. The summed E-state index contributed by atoms with van der Waals surface area (Å²) >= 11 is 1.72. The normalized spacial score (nSPS) is 14.4. The Bertz CT molecular complexity index is 429. The third-order valence-electron chi connectivity index (χ3n) is 3.00. The van der Waals surface area contributed by atoms with Crippen molar-refractivity contribution in [1.82, 2.24) is 4.98 Å². The number of aromatic nitrogens is 1. The maximum Gasteiger partial charge on any atom is 0.125 e. The molecule has 0 saturated heterocycles. The molecule has 0 fully saturated rings.